The fraction of sp³-hybridized carbons (Fsp3) is 0.417. The molecule has 0 heterocycles. The largest absolute Gasteiger partial charge is 0.478 e. The molecular weight excluding hydrogens is 340 g/mol. The van der Waals surface area contributed by atoms with Crippen LogP contribution >= 0.6 is 11.6 Å². The third-order valence-corrected chi connectivity index (χ3v) is 6.41. The fourth-order valence-electron chi connectivity index (χ4n) is 1.72. The Kier molecular flexibility index (Phi) is 5.40. The molecule has 0 atom stereocenters. The molecule has 0 radical (unpaired) electrons. The van der Waals surface area contributed by atoms with Crippen molar-refractivity contribution in [2.24, 2.45) is 0 Å². The molecule has 1 rings (SSSR count). The highest BCUT2D eigenvalue weighted by molar-refractivity contribution is 7.94. The van der Waals surface area contributed by atoms with Gasteiger partial charge in [0, 0.05) is 6.26 Å². The highest BCUT2D eigenvalue weighted by Crippen LogP contribution is 2.33. The number of hydrogen-bond donors (Lipinski definition) is 1. The van der Waals surface area contributed by atoms with Crippen molar-refractivity contribution in [1.29, 1.82) is 0 Å². The topological polar surface area (TPSA) is 106 Å². The first kappa shape index (κ1) is 17.9. The van der Waals surface area contributed by atoms with Crippen LogP contribution in [0.4, 0.5) is 0 Å². The highest BCUT2D eigenvalue weighted by atomic mass is 35.5. The molecule has 0 amide bonds. The van der Waals surface area contributed by atoms with E-state index in [-0.39, 0.29) is 5.75 Å². The Morgan fingerprint density at radius 3 is 2.24 bits per heavy atom. The lowest BCUT2D eigenvalue weighted by Gasteiger charge is -2.12. The van der Waals surface area contributed by atoms with Crippen LogP contribution in [0.1, 0.15) is 30.1 Å². The molecule has 6 nitrogen and oxygen atoms in total. The number of aromatic carboxylic acids is 1. The van der Waals surface area contributed by atoms with Crippen molar-refractivity contribution in [1.82, 2.24) is 0 Å². The van der Waals surface area contributed by atoms with Crippen LogP contribution in [0.2, 0.25) is 5.02 Å². The van der Waals surface area contributed by atoms with Gasteiger partial charge in [0.2, 0.25) is 0 Å². The summed E-state index contributed by atoms with van der Waals surface area (Å²) < 4.78 is 48.1. The molecule has 0 aromatic heterocycles. The summed E-state index contributed by atoms with van der Waals surface area (Å²) in [5.41, 5.74) is -0.445. The van der Waals surface area contributed by atoms with Gasteiger partial charge in [0.15, 0.2) is 19.7 Å². The summed E-state index contributed by atoms with van der Waals surface area (Å²) in [6.45, 7) is 1.78. The van der Waals surface area contributed by atoms with Crippen molar-refractivity contribution in [3.05, 3.63) is 22.7 Å². The average Bonchev–Trinajstić information content (AvgIpc) is 2.34. The van der Waals surface area contributed by atoms with E-state index >= 15 is 0 Å². The fourth-order valence-corrected chi connectivity index (χ4v) is 5.60. The molecule has 0 bridgehead atoms. The molecule has 1 aromatic carbocycles. The van der Waals surface area contributed by atoms with Gasteiger partial charge >= 0.3 is 5.97 Å². The summed E-state index contributed by atoms with van der Waals surface area (Å²) in [7, 11) is -7.86. The van der Waals surface area contributed by atoms with Crippen LogP contribution in [0.15, 0.2) is 21.9 Å². The smallest absolute Gasteiger partial charge is 0.337 e. The van der Waals surface area contributed by atoms with E-state index in [1.54, 1.807) is 6.92 Å². The van der Waals surface area contributed by atoms with Gasteiger partial charge < -0.3 is 5.11 Å². The third kappa shape index (κ3) is 3.96. The summed E-state index contributed by atoms with van der Waals surface area (Å²) in [5.74, 6) is -1.72. The number of unbranched alkanes of at least 4 members (excludes halogenated alkanes) is 1. The first-order valence-electron chi connectivity index (χ1n) is 6.01. The second-order valence-corrected chi connectivity index (χ2v) is 8.91. The van der Waals surface area contributed by atoms with Gasteiger partial charge in [-0.1, -0.05) is 24.9 Å². The zero-order chi connectivity index (χ0) is 16.4. The van der Waals surface area contributed by atoms with E-state index in [1.807, 2.05) is 0 Å². The number of carboxylic acid groups (broad SMARTS) is 1. The highest BCUT2D eigenvalue weighted by Gasteiger charge is 2.29. The van der Waals surface area contributed by atoms with E-state index in [0.29, 0.717) is 12.8 Å². The Hall–Kier alpha value is -1.12. The monoisotopic (exact) mass is 354 g/mol. The molecule has 0 saturated heterocycles. The molecule has 1 N–H and O–H groups in total. The molecule has 0 spiro atoms. The maximum absolute atomic E-state index is 12.3. The number of rotatable bonds is 6. The Labute approximate surface area is 128 Å². The first-order chi connectivity index (χ1) is 9.52. The SMILES string of the molecule is CCCCS(=O)(=O)c1c(S(C)(=O)=O)ccc(C(=O)O)c1Cl. The maximum atomic E-state index is 12.3. The van der Waals surface area contributed by atoms with Gasteiger partial charge in [-0.25, -0.2) is 21.6 Å². The van der Waals surface area contributed by atoms with Gasteiger partial charge in [0.1, 0.15) is 4.90 Å². The van der Waals surface area contributed by atoms with E-state index in [0.717, 1.165) is 18.4 Å². The summed E-state index contributed by atoms with van der Waals surface area (Å²) in [5, 5.41) is 8.43. The zero-order valence-electron chi connectivity index (χ0n) is 11.5. The predicted octanol–water partition coefficient (Wildman–Crippen LogP) is 2.02. The maximum Gasteiger partial charge on any atom is 0.337 e. The molecule has 21 heavy (non-hydrogen) atoms. The van der Waals surface area contributed by atoms with Gasteiger partial charge in [-0.15, -0.1) is 0 Å². The second-order valence-electron chi connectivity index (χ2n) is 4.50. The standard InChI is InChI=1S/C12H15ClO6S2/c1-3-4-7-21(18,19)11-9(20(2,16)17)6-5-8(10(11)13)12(14)15/h5-6H,3-4,7H2,1-2H3,(H,14,15). The van der Waals surface area contributed by atoms with E-state index in [9.17, 15) is 21.6 Å². The summed E-state index contributed by atoms with van der Waals surface area (Å²) in [6.07, 6.45) is 1.75. The second kappa shape index (κ2) is 6.33. The summed E-state index contributed by atoms with van der Waals surface area (Å²) in [4.78, 5) is 9.94. The lowest BCUT2D eigenvalue weighted by molar-refractivity contribution is 0.0696. The number of hydrogen-bond acceptors (Lipinski definition) is 5. The minimum atomic E-state index is -4.00. The van der Waals surface area contributed by atoms with Crippen molar-refractivity contribution in [2.75, 3.05) is 12.0 Å². The average molecular weight is 355 g/mol. The summed E-state index contributed by atoms with van der Waals surface area (Å²) in [6, 6.07) is 1.95. The molecule has 9 heteroatoms. The molecule has 0 aliphatic heterocycles. The molecular formula is C12H15ClO6S2. The Morgan fingerprint density at radius 1 is 1.24 bits per heavy atom. The molecule has 0 aliphatic carbocycles. The number of halogens is 1. The Bertz CT molecular complexity index is 765. The molecule has 1 aromatic rings. The number of carbonyl (C=O) groups is 1. The van der Waals surface area contributed by atoms with Gasteiger partial charge in [0.25, 0.3) is 0 Å². The normalized spacial score (nSPS) is 12.3. The molecule has 0 unspecified atom stereocenters. The third-order valence-electron chi connectivity index (χ3n) is 2.77. The van der Waals surface area contributed by atoms with Crippen LogP contribution in [0, 0.1) is 0 Å². The quantitative estimate of drug-likeness (QED) is 0.837. The van der Waals surface area contributed by atoms with Gasteiger partial charge in [-0.05, 0) is 18.6 Å². The Morgan fingerprint density at radius 2 is 1.81 bits per heavy atom. The number of benzene rings is 1. The lowest BCUT2D eigenvalue weighted by atomic mass is 10.2. The number of carboxylic acids is 1. The Balaban J connectivity index is 3.74. The molecule has 0 saturated carbocycles. The minimum absolute atomic E-state index is 0.297. The predicted molar refractivity (Wildman–Crippen MR) is 78.5 cm³/mol. The van der Waals surface area contributed by atoms with Crippen LogP contribution in [0.3, 0.4) is 0 Å². The van der Waals surface area contributed by atoms with E-state index in [1.165, 1.54) is 0 Å². The minimum Gasteiger partial charge on any atom is -0.478 e. The van der Waals surface area contributed by atoms with Crippen molar-refractivity contribution in [2.45, 2.75) is 29.6 Å². The molecule has 0 aliphatic rings. The van der Waals surface area contributed by atoms with Crippen LogP contribution < -0.4 is 0 Å². The molecule has 118 valence electrons. The molecule has 0 fully saturated rings. The van der Waals surface area contributed by atoms with Crippen molar-refractivity contribution in [3.8, 4) is 0 Å². The number of sulfone groups is 2. The van der Waals surface area contributed by atoms with Gasteiger partial charge in [-0.2, -0.15) is 0 Å². The van der Waals surface area contributed by atoms with Crippen LogP contribution in [0.5, 0.6) is 0 Å². The zero-order valence-corrected chi connectivity index (χ0v) is 13.8. The van der Waals surface area contributed by atoms with Crippen molar-refractivity contribution in [3.63, 3.8) is 0 Å². The van der Waals surface area contributed by atoms with Crippen LogP contribution in [0.25, 0.3) is 0 Å². The van der Waals surface area contributed by atoms with E-state index < -0.39 is 46.0 Å². The van der Waals surface area contributed by atoms with Gasteiger partial charge in [-0.3, -0.25) is 0 Å². The van der Waals surface area contributed by atoms with Crippen LogP contribution in [-0.4, -0.2) is 39.9 Å². The van der Waals surface area contributed by atoms with Crippen molar-refractivity contribution >= 4 is 37.2 Å². The van der Waals surface area contributed by atoms with Crippen LogP contribution in [-0.2, 0) is 19.7 Å². The first-order valence-corrected chi connectivity index (χ1v) is 9.93. The van der Waals surface area contributed by atoms with Crippen molar-refractivity contribution < 1.29 is 26.7 Å². The van der Waals surface area contributed by atoms with Gasteiger partial charge in [0.05, 0.1) is 21.2 Å². The van der Waals surface area contributed by atoms with E-state index in [4.69, 9.17) is 16.7 Å². The van der Waals surface area contributed by atoms with E-state index in [2.05, 4.69) is 0 Å². The lowest BCUT2D eigenvalue weighted by Crippen LogP contribution is -2.15. The summed E-state index contributed by atoms with van der Waals surface area (Å²) >= 11 is 5.85.